The number of fused-ring (bicyclic) bond motifs is 1. The lowest BCUT2D eigenvalue weighted by Gasteiger charge is -2.41. The van der Waals surface area contributed by atoms with E-state index in [1.165, 1.54) is 11.0 Å². The van der Waals surface area contributed by atoms with Gasteiger partial charge in [-0.15, -0.1) is 6.58 Å². The maximum absolute atomic E-state index is 14.3. The van der Waals surface area contributed by atoms with Crippen LogP contribution in [0.2, 0.25) is 0 Å². The summed E-state index contributed by atoms with van der Waals surface area (Å²) < 4.78 is 12.2. The van der Waals surface area contributed by atoms with E-state index < -0.39 is 41.1 Å². The molecule has 3 saturated heterocycles. The Hall–Kier alpha value is -2.19. The highest BCUT2D eigenvalue weighted by Gasteiger charge is 2.79. The van der Waals surface area contributed by atoms with E-state index in [0.717, 1.165) is 12.8 Å². The lowest BCUT2D eigenvalue weighted by molar-refractivity contribution is -0.163. The van der Waals surface area contributed by atoms with Gasteiger partial charge in [0.05, 0.1) is 24.2 Å². The van der Waals surface area contributed by atoms with Crippen LogP contribution in [0, 0.1) is 11.8 Å². The van der Waals surface area contributed by atoms with E-state index in [1.54, 1.807) is 11.0 Å². The van der Waals surface area contributed by atoms with Crippen molar-refractivity contribution in [3.8, 4) is 0 Å². The zero-order valence-electron chi connectivity index (χ0n) is 21.7. The van der Waals surface area contributed by atoms with Crippen LogP contribution in [-0.2, 0) is 23.9 Å². The first-order chi connectivity index (χ1) is 16.7. The third-order valence-corrected chi connectivity index (χ3v) is 8.37. The maximum atomic E-state index is 14.3. The van der Waals surface area contributed by atoms with Gasteiger partial charge in [-0.25, -0.2) is 0 Å². The van der Waals surface area contributed by atoms with Crippen molar-refractivity contribution < 1.29 is 29.0 Å². The van der Waals surface area contributed by atoms with Gasteiger partial charge < -0.3 is 24.4 Å². The minimum absolute atomic E-state index is 0.0466. The van der Waals surface area contributed by atoms with Crippen molar-refractivity contribution in [2.75, 3.05) is 19.8 Å². The Labute approximate surface area is 209 Å². The second-order valence-electron chi connectivity index (χ2n) is 10.2. The third-order valence-electron chi connectivity index (χ3n) is 8.37. The van der Waals surface area contributed by atoms with Crippen molar-refractivity contribution in [1.82, 2.24) is 9.80 Å². The van der Waals surface area contributed by atoms with Gasteiger partial charge >= 0.3 is 5.97 Å². The summed E-state index contributed by atoms with van der Waals surface area (Å²) in [4.78, 5) is 45.0. The molecule has 3 fully saturated rings. The summed E-state index contributed by atoms with van der Waals surface area (Å²) in [6.45, 7) is 15.5. The van der Waals surface area contributed by atoms with Crippen molar-refractivity contribution in [3.05, 3.63) is 25.3 Å². The molecule has 1 N–H and O–H groups in total. The largest absolute Gasteiger partial charge is 0.461 e. The van der Waals surface area contributed by atoms with Gasteiger partial charge in [-0.05, 0) is 39.0 Å². The van der Waals surface area contributed by atoms with Crippen LogP contribution in [0.4, 0.5) is 0 Å². The Morgan fingerprint density at radius 2 is 2.00 bits per heavy atom. The number of carbonyl (C=O) groups excluding carboxylic acids is 3. The molecular formula is C27H42N2O6. The Balaban J connectivity index is 2.14. The molecule has 3 rings (SSSR count). The predicted octanol–water partition coefficient (Wildman–Crippen LogP) is 2.84. The average Bonchev–Trinajstić information content (AvgIpc) is 3.45. The van der Waals surface area contributed by atoms with Gasteiger partial charge in [0, 0.05) is 12.6 Å². The Kier molecular flexibility index (Phi) is 8.48. The number of rotatable bonds is 13. The average molecular weight is 491 g/mol. The molecule has 0 aromatic heterocycles. The number of aliphatic hydroxyl groups excluding tert-OH is 1. The summed E-state index contributed by atoms with van der Waals surface area (Å²) >= 11 is 0. The summed E-state index contributed by atoms with van der Waals surface area (Å²) in [5, 5.41) is 10.2. The van der Waals surface area contributed by atoms with Crippen LogP contribution in [0.5, 0.6) is 0 Å². The number of likely N-dealkylation sites (tertiary alicyclic amines) is 1. The molecule has 7 atom stereocenters. The minimum atomic E-state index is -1.13. The molecule has 3 unspecified atom stereocenters. The fourth-order valence-corrected chi connectivity index (χ4v) is 6.69. The first kappa shape index (κ1) is 27.4. The molecule has 3 aliphatic heterocycles. The number of carbonyl (C=O) groups is 3. The lowest BCUT2D eigenvalue weighted by atomic mass is 9.65. The van der Waals surface area contributed by atoms with Gasteiger partial charge in [-0.1, -0.05) is 45.9 Å². The smallest absolute Gasteiger partial charge is 0.313 e. The van der Waals surface area contributed by atoms with Crippen molar-refractivity contribution >= 4 is 17.8 Å². The highest BCUT2D eigenvalue weighted by atomic mass is 16.6. The molecule has 0 aromatic carbocycles. The van der Waals surface area contributed by atoms with Gasteiger partial charge in [0.25, 0.3) is 0 Å². The molecule has 0 aromatic rings. The lowest BCUT2D eigenvalue weighted by Crippen LogP contribution is -2.60. The Bertz CT molecular complexity index is 842. The van der Waals surface area contributed by atoms with Crippen LogP contribution in [0.15, 0.2) is 25.3 Å². The van der Waals surface area contributed by atoms with Crippen LogP contribution in [-0.4, -0.2) is 81.8 Å². The molecule has 1 spiro atoms. The summed E-state index contributed by atoms with van der Waals surface area (Å²) in [5.41, 5.74) is -1.97. The number of aliphatic hydroxyl groups is 1. The molecule has 0 radical (unpaired) electrons. The van der Waals surface area contributed by atoms with Crippen molar-refractivity contribution in [2.45, 2.75) is 95.5 Å². The zero-order valence-corrected chi connectivity index (χ0v) is 21.7. The summed E-state index contributed by atoms with van der Waals surface area (Å²) in [5.74, 6) is -2.62. The molecular weight excluding hydrogens is 448 g/mol. The van der Waals surface area contributed by atoms with Gasteiger partial charge in [0.15, 0.2) is 0 Å². The molecule has 0 saturated carbocycles. The number of esters is 1. The molecule has 8 nitrogen and oxygen atoms in total. The van der Waals surface area contributed by atoms with Crippen LogP contribution in [0.3, 0.4) is 0 Å². The summed E-state index contributed by atoms with van der Waals surface area (Å²) in [6, 6.07) is -1.52. The van der Waals surface area contributed by atoms with E-state index in [9.17, 15) is 19.5 Å². The normalized spacial score (nSPS) is 32.8. The number of amides is 2. The van der Waals surface area contributed by atoms with E-state index in [4.69, 9.17) is 9.47 Å². The van der Waals surface area contributed by atoms with Crippen LogP contribution < -0.4 is 0 Å². The predicted molar refractivity (Wildman–Crippen MR) is 132 cm³/mol. The van der Waals surface area contributed by atoms with E-state index in [2.05, 4.69) is 20.1 Å². The Morgan fingerprint density at radius 3 is 2.54 bits per heavy atom. The summed E-state index contributed by atoms with van der Waals surface area (Å²) in [7, 11) is 0. The Morgan fingerprint density at radius 1 is 1.29 bits per heavy atom. The molecule has 3 aliphatic rings. The molecule has 0 aliphatic carbocycles. The topological polar surface area (TPSA) is 96.4 Å². The van der Waals surface area contributed by atoms with Crippen molar-refractivity contribution in [1.29, 1.82) is 0 Å². The first-order valence-corrected chi connectivity index (χ1v) is 13.1. The molecule has 35 heavy (non-hydrogen) atoms. The quantitative estimate of drug-likeness (QED) is 0.315. The third kappa shape index (κ3) is 4.22. The molecule has 2 amide bonds. The van der Waals surface area contributed by atoms with Gasteiger partial charge in [-0.3, -0.25) is 14.4 Å². The van der Waals surface area contributed by atoms with Crippen LogP contribution >= 0.6 is 0 Å². The van der Waals surface area contributed by atoms with Crippen molar-refractivity contribution in [3.63, 3.8) is 0 Å². The van der Waals surface area contributed by atoms with Crippen LogP contribution in [0.1, 0.15) is 66.2 Å². The van der Waals surface area contributed by atoms with E-state index in [0.29, 0.717) is 32.2 Å². The number of hydrogen-bond acceptors (Lipinski definition) is 6. The summed E-state index contributed by atoms with van der Waals surface area (Å²) in [6.07, 6.45) is 6.99. The van der Waals surface area contributed by atoms with E-state index >= 15 is 0 Å². The SMILES string of the molecule is C=CCOC(=O)[C@@H]1[C@H]2C(=O)N([C@@H](CC)CO)C(C(=O)N(CC=C)C(C)CCC)C23CC[C@@]1(CC)O3. The molecule has 8 heteroatoms. The highest BCUT2D eigenvalue weighted by molar-refractivity contribution is 5.99. The first-order valence-electron chi connectivity index (χ1n) is 13.1. The second kappa shape index (κ2) is 10.8. The van der Waals surface area contributed by atoms with Crippen molar-refractivity contribution in [2.24, 2.45) is 11.8 Å². The zero-order chi connectivity index (χ0) is 26.0. The van der Waals surface area contributed by atoms with E-state index in [1.807, 2.05) is 20.8 Å². The van der Waals surface area contributed by atoms with Crippen LogP contribution in [0.25, 0.3) is 0 Å². The van der Waals surface area contributed by atoms with E-state index in [-0.39, 0.29) is 31.1 Å². The number of ether oxygens (including phenoxy) is 2. The maximum Gasteiger partial charge on any atom is 0.313 e. The minimum Gasteiger partial charge on any atom is -0.461 e. The molecule has 3 heterocycles. The molecule has 196 valence electrons. The standard InChI is InChI=1S/C27H42N2O6/c1-7-12-18(6)28(15-8-2)24(32)22-27-14-13-26(11-5,35-27)21(25(33)34-16-9-3)20(27)23(31)29(22)19(10-4)17-30/h8-9,18-22,30H,2-3,7,10-17H2,1,4-6H3/t18?,19-,20-,21-,22?,26+,27?/m0/s1. The highest BCUT2D eigenvalue weighted by Crippen LogP contribution is 2.65. The van der Waals surface area contributed by atoms with Gasteiger partial charge in [-0.2, -0.15) is 0 Å². The van der Waals surface area contributed by atoms with Gasteiger partial charge in [0.1, 0.15) is 24.2 Å². The second-order valence-corrected chi connectivity index (χ2v) is 10.2. The number of hydrogen-bond donors (Lipinski definition) is 1. The monoisotopic (exact) mass is 490 g/mol. The fraction of sp³-hybridized carbons (Fsp3) is 0.741. The van der Waals surface area contributed by atoms with Gasteiger partial charge in [0.2, 0.25) is 11.8 Å². The fourth-order valence-electron chi connectivity index (χ4n) is 6.69. The number of nitrogens with zero attached hydrogens (tertiary/aromatic N) is 2. The molecule has 2 bridgehead atoms.